The van der Waals surface area contributed by atoms with Crippen LogP contribution in [0.3, 0.4) is 0 Å². The van der Waals surface area contributed by atoms with Crippen LogP contribution < -0.4 is 0 Å². The lowest BCUT2D eigenvalue weighted by Crippen LogP contribution is -2.48. The molecule has 3 heterocycles. The zero-order valence-electron chi connectivity index (χ0n) is 13.2. The first-order valence-corrected chi connectivity index (χ1v) is 7.70. The Balaban J connectivity index is 1.70. The molecule has 2 unspecified atom stereocenters. The highest BCUT2D eigenvalue weighted by atomic mass is 16.3. The van der Waals surface area contributed by atoms with Gasteiger partial charge in [-0.05, 0) is 57.4 Å². The Morgan fingerprint density at radius 1 is 1.32 bits per heavy atom. The second-order valence-corrected chi connectivity index (χ2v) is 5.98. The number of aromatic nitrogens is 4. The average molecular weight is 303 g/mol. The number of furan rings is 1. The molecule has 1 amide bonds. The van der Waals surface area contributed by atoms with E-state index in [2.05, 4.69) is 29.3 Å². The Bertz CT molecular complexity index is 652. The standard InChI is InChI=1S/C15H21N5O2/c1-10-5-4-6-11(2)20(10)14(21)9-19-17-15(16-18-19)13-8-7-12(3)22-13/h7-8,10-11H,4-6,9H2,1-3H3. The fourth-order valence-electron chi connectivity index (χ4n) is 3.08. The molecule has 1 aliphatic rings. The smallest absolute Gasteiger partial charge is 0.246 e. The molecule has 2 atom stereocenters. The van der Waals surface area contributed by atoms with E-state index in [0.717, 1.165) is 18.6 Å². The first-order chi connectivity index (χ1) is 10.5. The summed E-state index contributed by atoms with van der Waals surface area (Å²) >= 11 is 0. The fourth-order valence-corrected chi connectivity index (χ4v) is 3.08. The SMILES string of the molecule is Cc1ccc(-c2nnn(CC(=O)N3C(C)CCCC3C)n2)o1. The second-order valence-electron chi connectivity index (χ2n) is 5.98. The molecule has 2 aromatic rings. The number of aryl methyl sites for hydroxylation is 1. The lowest BCUT2D eigenvalue weighted by atomic mass is 9.97. The topological polar surface area (TPSA) is 77.1 Å². The highest BCUT2D eigenvalue weighted by molar-refractivity contribution is 5.76. The Hall–Kier alpha value is -2.18. The molecule has 3 rings (SSSR count). The maximum atomic E-state index is 12.5. The molecule has 0 radical (unpaired) electrons. The van der Waals surface area contributed by atoms with Crippen LogP contribution in [0.5, 0.6) is 0 Å². The van der Waals surface area contributed by atoms with Gasteiger partial charge in [-0.25, -0.2) is 0 Å². The molecule has 7 nitrogen and oxygen atoms in total. The van der Waals surface area contributed by atoms with Gasteiger partial charge in [0, 0.05) is 12.1 Å². The third-order valence-electron chi connectivity index (χ3n) is 4.17. The van der Waals surface area contributed by atoms with Gasteiger partial charge in [-0.1, -0.05) is 0 Å². The molecule has 0 bridgehead atoms. The Morgan fingerprint density at radius 3 is 2.68 bits per heavy atom. The third kappa shape index (κ3) is 2.88. The van der Waals surface area contributed by atoms with Gasteiger partial charge in [0.15, 0.2) is 5.76 Å². The van der Waals surface area contributed by atoms with Crippen molar-refractivity contribution in [3.63, 3.8) is 0 Å². The van der Waals surface area contributed by atoms with Gasteiger partial charge in [-0.2, -0.15) is 4.80 Å². The van der Waals surface area contributed by atoms with E-state index in [1.165, 1.54) is 11.2 Å². The summed E-state index contributed by atoms with van der Waals surface area (Å²) in [5.74, 6) is 1.80. The molecule has 0 spiro atoms. The molecule has 2 aromatic heterocycles. The van der Waals surface area contributed by atoms with Crippen molar-refractivity contribution in [2.24, 2.45) is 0 Å². The number of carbonyl (C=O) groups excluding carboxylic acids is 1. The Kier molecular flexibility index (Phi) is 3.96. The fraction of sp³-hybridized carbons (Fsp3) is 0.600. The van der Waals surface area contributed by atoms with Crippen LogP contribution in [-0.2, 0) is 11.3 Å². The van der Waals surface area contributed by atoms with Crippen LogP contribution in [0, 0.1) is 6.92 Å². The van der Waals surface area contributed by atoms with E-state index >= 15 is 0 Å². The first kappa shape index (κ1) is 14.7. The van der Waals surface area contributed by atoms with Crippen LogP contribution in [0.25, 0.3) is 11.6 Å². The van der Waals surface area contributed by atoms with Crippen molar-refractivity contribution in [3.05, 3.63) is 17.9 Å². The molecule has 0 aliphatic carbocycles. The van der Waals surface area contributed by atoms with E-state index in [1.807, 2.05) is 17.9 Å². The van der Waals surface area contributed by atoms with Gasteiger partial charge in [0.1, 0.15) is 12.3 Å². The number of carbonyl (C=O) groups is 1. The molecular formula is C15H21N5O2. The number of nitrogens with zero attached hydrogens (tertiary/aromatic N) is 5. The number of tetrazole rings is 1. The summed E-state index contributed by atoms with van der Waals surface area (Å²) in [5, 5.41) is 12.1. The van der Waals surface area contributed by atoms with Crippen LogP contribution >= 0.6 is 0 Å². The highest BCUT2D eigenvalue weighted by Crippen LogP contribution is 2.23. The van der Waals surface area contributed by atoms with E-state index in [1.54, 1.807) is 6.07 Å². The molecular weight excluding hydrogens is 282 g/mol. The quantitative estimate of drug-likeness (QED) is 0.867. The third-order valence-corrected chi connectivity index (χ3v) is 4.17. The lowest BCUT2D eigenvalue weighted by molar-refractivity contribution is -0.138. The van der Waals surface area contributed by atoms with Gasteiger partial charge in [-0.15, -0.1) is 10.2 Å². The molecule has 1 fully saturated rings. The van der Waals surface area contributed by atoms with E-state index < -0.39 is 0 Å². The largest absolute Gasteiger partial charge is 0.458 e. The van der Waals surface area contributed by atoms with Gasteiger partial charge in [0.2, 0.25) is 11.7 Å². The molecule has 0 saturated carbocycles. The monoisotopic (exact) mass is 303 g/mol. The number of amides is 1. The van der Waals surface area contributed by atoms with Gasteiger partial charge < -0.3 is 9.32 Å². The van der Waals surface area contributed by atoms with Gasteiger partial charge in [0.05, 0.1) is 0 Å². The van der Waals surface area contributed by atoms with Crippen molar-refractivity contribution < 1.29 is 9.21 Å². The molecule has 22 heavy (non-hydrogen) atoms. The van der Waals surface area contributed by atoms with Crippen molar-refractivity contribution >= 4 is 5.91 Å². The minimum atomic E-state index is 0.0410. The van der Waals surface area contributed by atoms with Crippen molar-refractivity contribution in [2.45, 2.75) is 58.7 Å². The Morgan fingerprint density at radius 2 is 2.05 bits per heavy atom. The maximum Gasteiger partial charge on any atom is 0.246 e. The summed E-state index contributed by atoms with van der Waals surface area (Å²) in [7, 11) is 0. The summed E-state index contributed by atoms with van der Waals surface area (Å²) in [6.45, 7) is 6.16. The molecule has 7 heteroatoms. The average Bonchev–Trinajstić information content (AvgIpc) is 3.07. The summed E-state index contributed by atoms with van der Waals surface area (Å²) in [4.78, 5) is 15.8. The number of likely N-dealkylation sites (tertiary alicyclic amines) is 1. The molecule has 0 aromatic carbocycles. The van der Waals surface area contributed by atoms with Crippen molar-refractivity contribution in [1.29, 1.82) is 0 Å². The predicted molar refractivity (Wildman–Crippen MR) is 79.9 cm³/mol. The van der Waals surface area contributed by atoms with Crippen molar-refractivity contribution in [1.82, 2.24) is 25.1 Å². The number of rotatable bonds is 3. The van der Waals surface area contributed by atoms with Gasteiger partial charge >= 0.3 is 0 Å². The maximum absolute atomic E-state index is 12.5. The predicted octanol–water partition coefficient (Wildman–Crippen LogP) is 2.03. The van der Waals surface area contributed by atoms with Gasteiger partial charge in [0.25, 0.3) is 0 Å². The number of hydrogen-bond acceptors (Lipinski definition) is 5. The summed E-state index contributed by atoms with van der Waals surface area (Å²) < 4.78 is 5.46. The summed E-state index contributed by atoms with van der Waals surface area (Å²) in [6.07, 6.45) is 3.28. The molecule has 0 N–H and O–H groups in total. The van der Waals surface area contributed by atoms with Crippen LogP contribution in [-0.4, -0.2) is 43.1 Å². The van der Waals surface area contributed by atoms with E-state index in [-0.39, 0.29) is 24.5 Å². The van der Waals surface area contributed by atoms with Crippen LogP contribution in [0.15, 0.2) is 16.5 Å². The van der Waals surface area contributed by atoms with Gasteiger partial charge in [-0.3, -0.25) is 4.79 Å². The molecule has 1 aliphatic heterocycles. The zero-order valence-corrected chi connectivity index (χ0v) is 13.2. The first-order valence-electron chi connectivity index (χ1n) is 7.70. The van der Waals surface area contributed by atoms with E-state index in [0.29, 0.717) is 11.6 Å². The second kappa shape index (κ2) is 5.90. The zero-order chi connectivity index (χ0) is 15.7. The van der Waals surface area contributed by atoms with Crippen molar-refractivity contribution in [2.75, 3.05) is 0 Å². The van der Waals surface area contributed by atoms with E-state index in [4.69, 9.17) is 4.42 Å². The minimum absolute atomic E-state index is 0.0410. The lowest BCUT2D eigenvalue weighted by Gasteiger charge is -2.38. The van der Waals surface area contributed by atoms with Crippen LogP contribution in [0.2, 0.25) is 0 Å². The van der Waals surface area contributed by atoms with Crippen molar-refractivity contribution in [3.8, 4) is 11.6 Å². The highest BCUT2D eigenvalue weighted by Gasteiger charge is 2.29. The summed E-state index contributed by atoms with van der Waals surface area (Å²) in [5.41, 5.74) is 0. The molecule has 118 valence electrons. The molecule has 1 saturated heterocycles. The van der Waals surface area contributed by atoms with Crippen LogP contribution in [0.1, 0.15) is 38.9 Å². The van der Waals surface area contributed by atoms with E-state index in [9.17, 15) is 4.79 Å². The Labute approximate surface area is 129 Å². The normalized spacial score (nSPS) is 22.0. The number of hydrogen-bond donors (Lipinski definition) is 0. The minimum Gasteiger partial charge on any atom is -0.458 e. The van der Waals surface area contributed by atoms with Crippen LogP contribution in [0.4, 0.5) is 0 Å². The number of piperidine rings is 1. The summed E-state index contributed by atoms with van der Waals surface area (Å²) in [6, 6.07) is 4.19.